The summed E-state index contributed by atoms with van der Waals surface area (Å²) in [4.78, 5) is 23.5. The minimum absolute atomic E-state index is 0.0795. The van der Waals surface area contributed by atoms with Crippen LogP contribution >= 0.6 is 0 Å². The minimum Gasteiger partial charge on any atom is -0.480 e. The van der Waals surface area contributed by atoms with Crippen molar-refractivity contribution in [2.45, 2.75) is 36.1 Å². The highest BCUT2D eigenvalue weighted by Crippen LogP contribution is 2.36. The van der Waals surface area contributed by atoms with Crippen molar-refractivity contribution in [2.24, 2.45) is 0 Å². The number of carboxylic acid groups (broad SMARTS) is 1. The maximum Gasteiger partial charge on any atom is 0.416 e. The highest BCUT2D eigenvalue weighted by atomic mass is 32.2. The van der Waals surface area contributed by atoms with E-state index in [4.69, 9.17) is 0 Å². The van der Waals surface area contributed by atoms with Gasteiger partial charge in [0.05, 0.1) is 28.2 Å². The normalized spacial score (nSPS) is 13.4. The molecule has 33 heavy (non-hydrogen) atoms. The molecule has 2 N–H and O–H groups in total. The number of nitrogens with one attached hydrogen (secondary N) is 1. The summed E-state index contributed by atoms with van der Waals surface area (Å²) in [5, 5.41) is 11.2. The van der Waals surface area contributed by atoms with E-state index in [1.54, 1.807) is 6.07 Å². The Kier molecular flexibility index (Phi) is 7.78. The monoisotopic (exact) mass is 497 g/mol. The van der Waals surface area contributed by atoms with Gasteiger partial charge in [0.1, 0.15) is 6.04 Å². The summed E-state index contributed by atoms with van der Waals surface area (Å²) < 4.78 is 102. The second kappa shape index (κ2) is 9.81. The van der Waals surface area contributed by atoms with Gasteiger partial charge in [-0.2, -0.15) is 26.3 Å². The number of amides is 1. The number of hydrogen-bond donors (Lipinski definition) is 2. The lowest BCUT2D eigenvalue weighted by Gasteiger charge is -2.16. The molecule has 0 saturated heterocycles. The average Bonchev–Trinajstić information content (AvgIpc) is 2.70. The van der Waals surface area contributed by atoms with Crippen LogP contribution in [0, 0.1) is 0 Å². The number of hydrogen-bond acceptors (Lipinski definition) is 4. The van der Waals surface area contributed by atoms with Crippen molar-refractivity contribution in [2.75, 3.05) is 5.75 Å². The van der Waals surface area contributed by atoms with E-state index in [0.29, 0.717) is 12.1 Å². The van der Waals surface area contributed by atoms with Crippen molar-refractivity contribution in [3.63, 3.8) is 0 Å². The Morgan fingerprint density at radius 2 is 1.42 bits per heavy atom. The summed E-state index contributed by atoms with van der Waals surface area (Å²) in [5.41, 5.74) is -3.89. The second-order valence-electron chi connectivity index (χ2n) is 6.97. The summed E-state index contributed by atoms with van der Waals surface area (Å²) in [7, 11) is -3.89. The van der Waals surface area contributed by atoms with Gasteiger partial charge in [-0.25, -0.2) is 13.2 Å². The molecule has 0 fully saturated rings. The van der Waals surface area contributed by atoms with Crippen LogP contribution in [-0.4, -0.2) is 37.2 Å². The van der Waals surface area contributed by atoms with Gasteiger partial charge in [-0.3, -0.25) is 4.79 Å². The van der Waals surface area contributed by atoms with Gasteiger partial charge >= 0.3 is 18.3 Å². The molecule has 0 bridgehead atoms. The number of carboxylic acids is 1. The molecule has 1 atom stereocenters. The molecular formula is C20H17F6NO5S. The van der Waals surface area contributed by atoms with Crippen LogP contribution in [0.15, 0.2) is 53.4 Å². The van der Waals surface area contributed by atoms with E-state index >= 15 is 0 Å². The van der Waals surface area contributed by atoms with Crippen LogP contribution in [0.25, 0.3) is 0 Å². The average molecular weight is 497 g/mol. The fourth-order valence-corrected chi connectivity index (χ4v) is 4.18. The molecule has 6 nitrogen and oxygen atoms in total. The van der Waals surface area contributed by atoms with Crippen molar-refractivity contribution in [3.05, 3.63) is 65.2 Å². The maximum absolute atomic E-state index is 12.9. The quantitative estimate of drug-likeness (QED) is 0.542. The van der Waals surface area contributed by atoms with Crippen LogP contribution in [0.4, 0.5) is 26.3 Å². The van der Waals surface area contributed by atoms with Crippen molar-refractivity contribution >= 4 is 21.7 Å². The third-order valence-corrected chi connectivity index (χ3v) is 6.19. The number of benzene rings is 2. The molecule has 0 aliphatic heterocycles. The molecule has 1 amide bonds. The molecule has 2 aromatic rings. The van der Waals surface area contributed by atoms with Gasteiger partial charge in [-0.1, -0.05) is 18.2 Å². The molecule has 0 unspecified atom stereocenters. The Bertz CT molecular complexity index is 1080. The fourth-order valence-electron chi connectivity index (χ4n) is 2.83. The first-order valence-electron chi connectivity index (χ1n) is 9.18. The zero-order chi connectivity index (χ0) is 25.0. The molecule has 0 spiro atoms. The highest BCUT2D eigenvalue weighted by molar-refractivity contribution is 7.91. The minimum atomic E-state index is -5.11. The predicted molar refractivity (Wildman–Crippen MR) is 103 cm³/mol. The second-order valence-corrected chi connectivity index (χ2v) is 9.08. The zero-order valence-electron chi connectivity index (χ0n) is 16.6. The number of aliphatic carboxylic acids is 1. The van der Waals surface area contributed by atoms with Gasteiger partial charge < -0.3 is 10.4 Å². The van der Waals surface area contributed by atoms with Crippen LogP contribution in [0.5, 0.6) is 0 Å². The molecule has 2 aromatic carbocycles. The predicted octanol–water partition coefficient (Wildman–Crippen LogP) is 3.70. The van der Waals surface area contributed by atoms with E-state index in [1.807, 2.05) is 5.32 Å². The van der Waals surface area contributed by atoms with Crippen LogP contribution < -0.4 is 5.32 Å². The molecule has 2 rings (SSSR count). The van der Waals surface area contributed by atoms with Gasteiger partial charge in [0, 0.05) is 0 Å². The van der Waals surface area contributed by atoms with Crippen LogP contribution in [-0.2, 0) is 38.2 Å². The van der Waals surface area contributed by atoms with Gasteiger partial charge in [0.15, 0.2) is 9.84 Å². The van der Waals surface area contributed by atoms with Gasteiger partial charge in [0.25, 0.3) is 0 Å². The summed E-state index contributed by atoms with van der Waals surface area (Å²) in [6.07, 6.45) is -11.8. The SMILES string of the molecule is O=C(Cc1cc(C(F)(F)F)cc(C(F)(F)F)c1)N[C@H](CCS(=O)(=O)c1ccccc1)C(=O)O. The molecule has 13 heteroatoms. The number of alkyl halides is 6. The van der Waals surface area contributed by atoms with E-state index in [-0.39, 0.29) is 11.0 Å². The van der Waals surface area contributed by atoms with Crippen molar-refractivity contribution in [3.8, 4) is 0 Å². The Balaban J connectivity index is 2.16. The van der Waals surface area contributed by atoms with E-state index in [0.717, 1.165) is 0 Å². The Labute approximate surface area is 184 Å². The Hall–Kier alpha value is -3.09. The van der Waals surface area contributed by atoms with Crippen molar-refractivity contribution in [1.82, 2.24) is 5.32 Å². The topological polar surface area (TPSA) is 101 Å². The van der Waals surface area contributed by atoms with E-state index in [9.17, 15) is 49.5 Å². The summed E-state index contributed by atoms with van der Waals surface area (Å²) in [6.45, 7) is 0. The highest BCUT2D eigenvalue weighted by Gasteiger charge is 2.37. The first-order chi connectivity index (χ1) is 15.1. The third kappa shape index (κ3) is 7.48. The first kappa shape index (κ1) is 26.2. The molecular weight excluding hydrogens is 480 g/mol. The number of halogens is 6. The van der Waals surface area contributed by atoms with Crippen LogP contribution in [0.1, 0.15) is 23.1 Å². The lowest BCUT2D eigenvalue weighted by Crippen LogP contribution is -2.42. The Morgan fingerprint density at radius 3 is 1.88 bits per heavy atom. The van der Waals surface area contributed by atoms with Gasteiger partial charge in [-0.15, -0.1) is 0 Å². The molecule has 0 radical (unpaired) electrons. The molecule has 0 heterocycles. The lowest BCUT2D eigenvalue weighted by molar-refractivity contribution is -0.143. The molecule has 0 aliphatic rings. The molecule has 180 valence electrons. The van der Waals surface area contributed by atoms with Gasteiger partial charge in [-0.05, 0) is 42.3 Å². The van der Waals surface area contributed by atoms with E-state index < -0.39 is 75.4 Å². The number of sulfone groups is 1. The Morgan fingerprint density at radius 1 is 0.909 bits per heavy atom. The summed E-state index contributed by atoms with van der Waals surface area (Å²) in [6, 6.07) is 5.91. The molecule has 0 aliphatic carbocycles. The standard InChI is InChI=1S/C20H17F6NO5S/c21-19(22,23)13-8-12(9-14(11-13)20(24,25)26)10-17(28)27-16(18(29)30)6-7-33(31,32)15-4-2-1-3-5-15/h1-5,8-9,11,16H,6-7,10H2,(H,27,28)(H,29,30)/t16-/m1/s1. The molecule has 0 aromatic heterocycles. The first-order valence-corrected chi connectivity index (χ1v) is 10.8. The smallest absolute Gasteiger partial charge is 0.416 e. The van der Waals surface area contributed by atoms with Crippen molar-refractivity contribution in [1.29, 1.82) is 0 Å². The molecule has 0 saturated carbocycles. The summed E-state index contributed by atoms with van der Waals surface area (Å²) >= 11 is 0. The third-order valence-electron chi connectivity index (χ3n) is 4.42. The number of carbonyl (C=O) groups is 2. The largest absolute Gasteiger partial charge is 0.480 e. The van der Waals surface area contributed by atoms with Crippen molar-refractivity contribution < 1.29 is 49.5 Å². The lowest BCUT2D eigenvalue weighted by atomic mass is 10.0. The van der Waals surface area contributed by atoms with E-state index in [1.165, 1.54) is 24.3 Å². The van der Waals surface area contributed by atoms with E-state index in [2.05, 4.69) is 0 Å². The maximum atomic E-state index is 12.9. The van der Waals surface area contributed by atoms with Gasteiger partial charge in [0.2, 0.25) is 5.91 Å². The number of rotatable bonds is 8. The summed E-state index contributed by atoms with van der Waals surface area (Å²) in [5.74, 6) is -3.48. The zero-order valence-corrected chi connectivity index (χ0v) is 17.4. The van der Waals surface area contributed by atoms with Crippen LogP contribution in [0.3, 0.4) is 0 Å². The van der Waals surface area contributed by atoms with Crippen LogP contribution in [0.2, 0.25) is 0 Å². The fraction of sp³-hybridized carbons (Fsp3) is 0.300. The number of carbonyl (C=O) groups excluding carboxylic acids is 1.